The summed E-state index contributed by atoms with van der Waals surface area (Å²) in [5.74, 6) is 1.31. The maximum Gasteiger partial charge on any atom is 0.179 e. The molecule has 1 aromatic carbocycles. The first-order valence-corrected chi connectivity index (χ1v) is 12.8. The van der Waals surface area contributed by atoms with Gasteiger partial charge in [0.15, 0.2) is 17.6 Å². The van der Waals surface area contributed by atoms with Crippen LogP contribution in [0.1, 0.15) is 59.9 Å². The lowest BCUT2D eigenvalue weighted by atomic mass is 10.1. The van der Waals surface area contributed by atoms with Crippen molar-refractivity contribution < 1.29 is 4.79 Å². The van der Waals surface area contributed by atoms with E-state index in [2.05, 4.69) is 78.9 Å². The van der Waals surface area contributed by atoms with Crippen LogP contribution in [0.5, 0.6) is 0 Å². The summed E-state index contributed by atoms with van der Waals surface area (Å²) in [4.78, 5) is 17.1. The number of aryl methyl sites for hydroxylation is 1. The monoisotopic (exact) mass is 470 g/mol. The number of benzene rings is 1. The van der Waals surface area contributed by atoms with Gasteiger partial charge in [0.05, 0.1) is 11.7 Å². The van der Waals surface area contributed by atoms with Gasteiger partial charge in [0.2, 0.25) is 0 Å². The molecule has 4 aromatic heterocycles. The highest BCUT2D eigenvalue weighted by Crippen LogP contribution is 2.41. The highest BCUT2D eigenvalue weighted by molar-refractivity contribution is 8.13. The van der Waals surface area contributed by atoms with E-state index in [1.807, 2.05) is 24.7 Å². The van der Waals surface area contributed by atoms with Crippen molar-refractivity contribution in [2.45, 2.75) is 50.0 Å². The fourth-order valence-electron chi connectivity index (χ4n) is 5.11. The molecule has 5 aromatic rings. The van der Waals surface area contributed by atoms with Crippen molar-refractivity contribution in [3.8, 4) is 0 Å². The van der Waals surface area contributed by atoms with Crippen LogP contribution in [0.25, 0.3) is 16.8 Å². The number of rotatable bonds is 5. The van der Waals surface area contributed by atoms with Gasteiger partial charge in [-0.1, -0.05) is 28.4 Å². The molecule has 4 heterocycles. The predicted octanol–water partition coefficient (Wildman–Crippen LogP) is 5.42. The normalized spacial score (nSPS) is 19.4. The van der Waals surface area contributed by atoms with Crippen LogP contribution in [0.2, 0.25) is 0 Å². The van der Waals surface area contributed by atoms with Crippen LogP contribution in [0.3, 0.4) is 0 Å². The standard InChI is InChI=1S/C26H26N6OS/c1-3-34(22-8-4-18(2)5-9-22)31-13-11-23-26(31)27-15-24-28-29-25(32(23)24)20-6-7-21(14-20)30-12-10-19(16-30)17-33/h3-5,8-13,15-17,20-21H,6-7,14H2,1-2H3/t20-,21+,34?/m1/s1. The first kappa shape index (κ1) is 21.0. The van der Waals surface area contributed by atoms with Gasteiger partial charge < -0.3 is 4.57 Å². The molecule has 1 aliphatic carbocycles. The molecule has 3 atom stereocenters. The summed E-state index contributed by atoms with van der Waals surface area (Å²) >= 11 is 0. The fraction of sp³-hybridized carbons (Fsp3) is 0.269. The third kappa shape index (κ3) is 3.40. The zero-order valence-electron chi connectivity index (χ0n) is 19.2. The molecule has 0 amide bonds. The summed E-state index contributed by atoms with van der Waals surface area (Å²) in [6.45, 7) is 4.22. The molecule has 0 aliphatic heterocycles. The van der Waals surface area contributed by atoms with Crippen molar-refractivity contribution >= 4 is 39.1 Å². The van der Waals surface area contributed by atoms with Gasteiger partial charge in [-0.2, -0.15) is 0 Å². The molecule has 8 heteroatoms. The Labute approximate surface area is 200 Å². The molecule has 0 saturated heterocycles. The number of carbonyl (C=O) groups is 1. The van der Waals surface area contributed by atoms with Gasteiger partial charge in [-0.25, -0.2) is 4.98 Å². The Bertz CT molecular complexity index is 1540. The van der Waals surface area contributed by atoms with Gasteiger partial charge in [0.25, 0.3) is 0 Å². The minimum atomic E-state index is -0.235. The van der Waals surface area contributed by atoms with E-state index >= 15 is 0 Å². The van der Waals surface area contributed by atoms with Crippen molar-refractivity contribution in [2.75, 3.05) is 0 Å². The third-order valence-electron chi connectivity index (χ3n) is 6.82. The summed E-state index contributed by atoms with van der Waals surface area (Å²) in [6.07, 6.45) is 11.9. The van der Waals surface area contributed by atoms with Crippen LogP contribution in [0.4, 0.5) is 0 Å². The lowest BCUT2D eigenvalue weighted by Crippen LogP contribution is -2.05. The number of fused-ring (bicyclic) bond motifs is 3. The quantitative estimate of drug-likeness (QED) is 0.254. The number of nitrogens with zero attached hydrogens (tertiary/aromatic N) is 6. The molecule has 0 bridgehead atoms. The third-order valence-corrected chi connectivity index (χ3v) is 8.74. The second-order valence-electron chi connectivity index (χ2n) is 8.90. The molecule has 7 nitrogen and oxygen atoms in total. The molecule has 1 unspecified atom stereocenters. The average Bonchev–Trinajstić information content (AvgIpc) is 3.65. The van der Waals surface area contributed by atoms with E-state index in [-0.39, 0.29) is 10.7 Å². The lowest BCUT2D eigenvalue weighted by Gasteiger charge is -2.14. The zero-order valence-corrected chi connectivity index (χ0v) is 20.0. The number of aldehydes is 1. The summed E-state index contributed by atoms with van der Waals surface area (Å²) in [7, 11) is -0.235. The van der Waals surface area contributed by atoms with E-state index in [1.165, 1.54) is 10.5 Å². The molecule has 0 spiro atoms. The highest BCUT2D eigenvalue weighted by Gasteiger charge is 2.31. The second kappa shape index (κ2) is 8.36. The van der Waals surface area contributed by atoms with Crippen molar-refractivity contribution in [1.82, 2.24) is 28.1 Å². The smallest absolute Gasteiger partial charge is 0.179 e. The van der Waals surface area contributed by atoms with Crippen LogP contribution in [0, 0.1) is 6.92 Å². The summed E-state index contributed by atoms with van der Waals surface area (Å²) < 4.78 is 6.61. The van der Waals surface area contributed by atoms with E-state index in [9.17, 15) is 4.79 Å². The van der Waals surface area contributed by atoms with Crippen LogP contribution in [0.15, 0.2) is 66.1 Å². The van der Waals surface area contributed by atoms with E-state index in [0.29, 0.717) is 12.0 Å². The average molecular weight is 471 g/mol. The van der Waals surface area contributed by atoms with Gasteiger partial charge in [-0.15, -0.1) is 10.2 Å². The molecule has 0 radical (unpaired) electrons. The van der Waals surface area contributed by atoms with Crippen LogP contribution in [-0.4, -0.2) is 39.8 Å². The van der Waals surface area contributed by atoms with E-state index < -0.39 is 0 Å². The topological polar surface area (TPSA) is 70.0 Å². The Morgan fingerprint density at radius 3 is 2.68 bits per heavy atom. The van der Waals surface area contributed by atoms with E-state index in [0.717, 1.165) is 53.7 Å². The first-order chi connectivity index (χ1) is 16.7. The van der Waals surface area contributed by atoms with Gasteiger partial charge >= 0.3 is 0 Å². The van der Waals surface area contributed by atoms with Gasteiger partial charge in [0.1, 0.15) is 5.82 Å². The van der Waals surface area contributed by atoms with Gasteiger partial charge in [-0.05, 0) is 62.7 Å². The number of hydrogen-bond acceptors (Lipinski definition) is 4. The molecule has 1 fully saturated rings. The number of aromatic nitrogens is 6. The minimum Gasteiger partial charge on any atom is -0.350 e. The van der Waals surface area contributed by atoms with Crippen molar-refractivity contribution in [2.24, 2.45) is 0 Å². The number of hydrogen-bond donors (Lipinski definition) is 0. The highest BCUT2D eigenvalue weighted by atomic mass is 32.2. The minimum absolute atomic E-state index is 0.235. The summed E-state index contributed by atoms with van der Waals surface area (Å²) in [5.41, 5.74) is 4.74. The van der Waals surface area contributed by atoms with Crippen LogP contribution in [-0.2, 0) is 0 Å². The van der Waals surface area contributed by atoms with E-state index in [1.54, 1.807) is 0 Å². The summed E-state index contributed by atoms with van der Waals surface area (Å²) in [6, 6.07) is 13.1. The van der Waals surface area contributed by atoms with Crippen molar-refractivity contribution in [3.05, 3.63) is 78.1 Å². The Kier molecular flexibility index (Phi) is 5.17. The Hall–Kier alpha value is -3.52. The first-order valence-electron chi connectivity index (χ1n) is 11.6. The Morgan fingerprint density at radius 1 is 1.06 bits per heavy atom. The SMILES string of the molecule is C/C=S(/c1ccc(C)cc1)n1ccc2c1ncc1nnc([C@@H]3CC[C@H](n4ccc(C=O)c4)C3)n12. The molecular weight excluding hydrogens is 444 g/mol. The van der Waals surface area contributed by atoms with Crippen molar-refractivity contribution in [3.63, 3.8) is 0 Å². The molecule has 1 saturated carbocycles. The van der Waals surface area contributed by atoms with E-state index in [4.69, 9.17) is 4.98 Å². The number of carbonyl (C=O) groups excluding carboxylic acids is 1. The Balaban J connectivity index is 1.39. The zero-order chi connectivity index (χ0) is 23.2. The molecule has 6 rings (SSSR count). The van der Waals surface area contributed by atoms with Crippen molar-refractivity contribution in [1.29, 1.82) is 0 Å². The summed E-state index contributed by atoms with van der Waals surface area (Å²) in [5, 5.41) is 11.3. The molecule has 34 heavy (non-hydrogen) atoms. The fourth-order valence-corrected chi connectivity index (χ4v) is 6.77. The largest absolute Gasteiger partial charge is 0.350 e. The molecule has 172 valence electrons. The Morgan fingerprint density at radius 2 is 1.91 bits per heavy atom. The predicted molar refractivity (Wildman–Crippen MR) is 136 cm³/mol. The molecular formula is C26H26N6OS. The van der Waals surface area contributed by atoms with Gasteiger partial charge in [0, 0.05) is 41.0 Å². The molecule has 1 aliphatic rings. The molecule has 0 N–H and O–H groups in total. The maximum atomic E-state index is 11.1. The lowest BCUT2D eigenvalue weighted by molar-refractivity contribution is 0.112. The maximum absolute atomic E-state index is 11.1. The second-order valence-corrected chi connectivity index (χ2v) is 10.9. The van der Waals surface area contributed by atoms with Gasteiger partial charge in [-0.3, -0.25) is 13.2 Å². The van der Waals surface area contributed by atoms with Crippen LogP contribution < -0.4 is 0 Å². The van der Waals surface area contributed by atoms with Crippen LogP contribution >= 0.6 is 10.7 Å².